The molecule has 0 unspecified atom stereocenters. The molecule has 5 aromatic rings. The Labute approximate surface area is 216 Å². The van der Waals surface area contributed by atoms with Gasteiger partial charge in [-0.05, 0) is 13.0 Å². The first-order chi connectivity index (χ1) is 18.1. The summed E-state index contributed by atoms with van der Waals surface area (Å²) < 4.78 is 12.4. The Balaban J connectivity index is 2.05. The van der Waals surface area contributed by atoms with E-state index in [1.54, 1.807) is 14.0 Å². The van der Waals surface area contributed by atoms with Gasteiger partial charge in [0.15, 0.2) is 5.56 Å². The highest BCUT2D eigenvalue weighted by molar-refractivity contribution is 7.87. The molecule has 0 N–H and O–H groups in total. The number of fused-ring (bicyclic) bond motifs is 1. The van der Waals surface area contributed by atoms with Gasteiger partial charge < -0.3 is 9.30 Å². The van der Waals surface area contributed by atoms with Crippen molar-refractivity contribution in [2.75, 3.05) is 6.61 Å². The lowest BCUT2D eigenvalue weighted by atomic mass is 10.1. The Morgan fingerprint density at radius 3 is 1.70 bits per heavy atom. The predicted octanol–water partition coefficient (Wildman–Crippen LogP) is 5.52. The molecule has 0 bridgehead atoms. The molecule has 5 rings (SSSR count). The summed E-state index contributed by atoms with van der Waals surface area (Å²) in [5.74, 6) is -0.667. The van der Waals surface area contributed by atoms with E-state index >= 15 is 0 Å². The van der Waals surface area contributed by atoms with Crippen molar-refractivity contribution in [2.24, 2.45) is 11.8 Å². The molecule has 184 valence electrons. The van der Waals surface area contributed by atoms with E-state index < -0.39 is 18.6 Å². The van der Waals surface area contributed by atoms with Gasteiger partial charge in [0.1, 0.15) is 0 Å². The number of hydrogen-bond acceptors (Lipinski definition) is 4. The van der Waals surface area contributed by atoms with Gasteiger partial charge in [-0.1, -0.05) is 109 Å². The topological polar surface area (TPSA) is 60.7 Å². The van der Waals surface area contributed by atoms with Crippen molar-refractivity contribution in [1.82, 2.24) is 4.57 Å². The first-order valence-corrected chi connectivity index (χ1v) is 13.9. The fourth-order valence-corrected chi connectivity index (χ4v) is 8.23. The van der Waals surface area contributed by atoms with E-state index in [0.717, 1.165) is 21.3 Å². The second-order valence-electron chi connectivity index (χ2n) is 8.57. The van der Waals surface area contributed by atoms with Crippen molar-refractivity contribution in [2.45, 2.75) is 6.92 Å². The molecule has 0 saturated heterocycles. The van der Waals surface area contributed by atoms with Gasteiger partial charge in [-0.25, -0.2) is 4.79 Å². The maximum Gasteiger partial charge on any atom is 0.346 e. The van der Waals surface area contributed by atoms with Crippen LogP contribution >= 0.6 is 7.05 Å². The third-order valence-corrected chi connectivity index (χ3v) is 10.0. The summed E-state index contributed by atoms with van der Waals surface area (Å²) in [7, 11) is -1.06. The highest BCUT2D eigenvalue weighted by atomic mass is 31.2. The quantitative estimate of drug-likeness (QED) is 0.225. The van der Waals surface area contributed by atoms with Crippen molar-refractivity contribution >= 4 is 45.5 Å². The minimum atomic E-state index is -2.73. The maximum absolute atomic E-state index is 13.6. The number of aromatic nitrogens is 1. The summed E-state index contributed by atoms with van der Waals surface area (Å²) in [5.41, 5.74) is 0.590. The zero-order valence-electron chi connectivity index (χ0n) is 20.7. The summed E-state index contributed by atoms with van der Waals surface area (Å²) in [5, 5.41) is 3.78. The molecule has 0 radical (unpaired) electrons. The molecule has 0 saturated carbocycles. The highest BCUT2D eigenvalue weighted by Gasteiger charge is 2.30. The van der Waals surface area contributed by atoms with Gasteiger partial charge in [0.05, 0.1) is 24.9 Å². The van der Waals surface area contributed by atoms with Crippen LogP contribution in [-0.4, -0.2) is 17.1 Å². The van der Waals surface area contributed by atoms with Crippen molar-refractivity contribution in [3.8, 4) is 0 Å². The summed E-state index contributed by atoms with van der Waals surface area (Å²) in [6, 6.07) is 37.9. The first-order valence-electron chi connectivity index (χ1n) is 12.2. The van der Waals surface area contributed by atoms with E-state index in [4.69, 9.17) is 9.48 Å². The molecule has 5 nitrogen and oxygen atoms in total. The molecular formula is C31H27N2O3P. The molecule has 1 aromatic heterocycles. The van der Waals surface area contributed by atoms with Crippen molar-refractivity contribution < 1.29 is 9.53 Å². The zero-order valence-corrected chi connectivity index (χ0v) is 21.6. The van der Waals surface area contributed by atoms with Gasteiger partial charge in [-0.15, -0.1) is 0 Å². The fraction of sp³-hybridized carbons (Fsp3) is 0.0968. The molecule has 37 heavy (non-hydrogen) atoms. The van der Waals surface area contributed by atoms with Crippen LogP contribution in [0.2, 0.25) is 0 Å². The average molecular weight is 507 g/mol. The number of esters is 1. The second-order valence-corrected chi connectivity index (χ2v) is 11.6. The minimum Gasteiger partial charge on any atom is -0.462 e. The van der Waals surface area contributed by atoms with E-state index in [0.29, 0.717) is 11.2 Å². The molecule has 0 aliphatic carbocycles. The van der Waals surface area contributed by atoms with Crippen LogP contribution in [-0.2, 0) is 11.8 Å². The Bertz CT molecular complexity index is 1580. The van der Waals surface area contributed by atoms with Crippen LogP contribution in [0.1, 0.15) is 17.3 Å². The molecule has 0 aliphatic heterocycles. The predicted molar refractivity (Wildman–Crippen MR) is 152 cm³/mol. The monoisotopic (exact) mass is 506 g/mol. The van der Waals surface area contributed by atoms with Crippen LogP contribution in [0.5, 0.6) is 0 Å². The minimum absolute atomic E-state index is 0.0461. The smallest absolute Gasteiger partial charge is 0.346 e. The van der Waals surface area contributed by atoms with Crippen LogP contribution in [0.4, 0.5) is 5.69 Å². The lowest BCUT2D eigenvalue weighted by Gasteiger charge is -2.27. The standard InChI is InChI=1S/C31H27N2O3P/c1-3-36-31(35)28-29(26-21-13-14-22-27(26)33(2)30(28)34)32-37(23-15-7-4-8-16-23,24-17-9-5-10-18-24)25-19-11-6-12-20-25/h4-22H,3H2,1-2H3. The number of aryl methyl sites for hydroxylation is 1. The van der Waals surface area contributed by atoms with Gasteiger partial charge in [0.2, 0.25) is 0 Å². The highest BCUT2D eigenvalue weighted by Crippen LogP contribution is 2.50. The largest absolute Gasteiger partial charge is 0.462 e. The Morgan fingerprint density at radius 2 is 1.22 bits per heavy atom. The van der Waals surface area contributed by atoms with E-state index in [1.165, 1.54) is 4.57 Å². The number of benzene rings is 4. The van der Waals surface area contributed by atoms with Crippen LogP contribution in [0.15, 0.2) is 125 Å². The van der Waals surface area contributed by atoms with Crippen molar-refractivity contribution in [1.29, 1.82) is 0 Å². The summed E-state index contributed by atoms with van der Waals surface area (Å²) in [4.78, 5) is 26.9. The maximum atomic E-state index is 13.6. The first kappa shape index (κ1) is 24.5. The van der Waals surface area contributed by atoms with Gasteiger partial charge in [-0.2, -0.15) is 0 Å². The SMILES string of the molecule is CCOC(=O)c1c(N=P(c2ccccc2)(c2ccccc2)c2ccccc2)c2ccccc2n(C)c1=O. The van der Waals surface area contributed by atoms with Crippen molar-refractivity contribution in [3.63, 3.8) is 0 Å². The van der Waals surface area contributed by atoms with E-state index in [2.05, 4.69) is 36.4 Å². The lowest BCUT2D eigenvalue weighted by Crippen LogP contribution is -2.28. The average Bonchev–Trinajstić information content (AvgIpc) is 2.96. The summed E-state index contributed by atoms with van der Waals surface area (Å²) in [6.45, 7) is 1.89. The van der Waals surface area contributed by atoms with Gasteiger partial charge in [0.25, 0.3) is 5.56 Å². The van der Waals surface area contributed by atoms with Crippen LogP contribution in [0, 0.1) is 0 Å². The van der Waals surface area contributed by atoms with Gasteiger partial charge in [0, 0.05) is 28.3 Å². The third-order valence-electron chi connectivity index (χ3n) is 6.39. The normalized spacial score (nSPS) is 11.3. The molecule has 0 atom stereocenters. The molecule has 0 fully saturated rings. The van der Waals surface area contributed by atoms with Gasteiger partial charge >= 0.3 is 5.97 Å². The number of nitrogens with zero attached hydrogens (tertiary/aromatic N) is 2. The fourth-order valence-electron chi connectivity index (χ4n) is 4.67. The number of carbonyl (C=O) groups is 1. The Morgan fingerprint density at radius 1 is 0.757 bits per heavy atom. The number of para-hydroxylation sites is 1. The summed E-state index contributed by atoms with van der Waals surface area (Å²) in [6.07, 6.45) is 0. The number of rotatable bonds is 6. The Hall–Kier alpha value is -4.21. The molecule has 0 aliphatic rings. The summed E-state index contributed by atoms with van der Waals surface area (Å²) >= 11 is 0. The zero-order chi connectivity index (χ0) is 25.8. The number of pyridine rings is 1. The van der Waals surface area contributed by atoms with Gasteiger partial charge in [-0.3, -0.25) is 9.54 Å². The molecule has 0 amide bonds. The van der Waals surface area contributed by atoms with Crippen LogP contribution in [0.25, 0.3) is 10.9 Å². The number of ether oxygens (including phenoxy) is 1. The third kappa shape index (κ3) is 4.32. The molecule has 4 aromatic carbocycles. The Kier molecular flexibility index (Phi) is 6.89. The van der Waals surface area contributed by atoms with E-state index in [1.807, 2.05) is 78.9 Å². The lowest BCUT2D eigenvalue weighted by molar-refractivity contribution is 0.0525. The number of carbonyl (C=O) groups excluding carboxylic acids is 1. The van der Waals surface area contributed by atoms with E-state index in [-0.39, 0.29) is 12.2 Å². The van der Waals surface area contributed by atoms with Crippen molar-refractivity contribution in [3.05, 3.63) is 131 Å². The van der Waals surface area contributed by atoms with Crippen LogP contribution < -0.4 is 21.5 Å². The van der Waals surface area contributed by atoms with E-state index in [9.17, 15) is 9.59 Å². The van der Waals surface area contributed by atoms with Crippen LogP contribution in [0.3, 0.4) is 0 Å². The molecular weight excluding hydrogens is 479 g/mol. The molecule has 0 spiro atoms. The second kappa shape index (κ2) is 10.4. The molecule has 6 heteroatoms. The molecule has 1 heterocycles. The number of hydrogen-bond donors (Lipinski definition) is 0.